The van der Waals surface area contributed by atoms with Crippen LogP contribution in [0.2, 0.25) is 0 Å². The lowest BCUT2D eigenvalue weighted by Gasteiger charge is -2.14. The number of fused-ring (bicyclic) bond motifs is 1. The van der Waals surface area contributed by atoms with Crippen molar-refractivity contribution in [1.29, 1.82) is 0 Å². The molecule has 1 aliphatic carbocycles. The Labute approximate surface area is 107 Å². The molecule has 0 bridgehead atoms. The standard InChI is InChI=1S/C10H12F2O4S2/c1-3-16-8-5-4-10(11,12)7(13)6(5)9(17-8)18(2,14)15/h7,13H,3-4H2,1-2H3. The molecular formula is C10H12F2O4S2. The molecule has 4 nitrogen and oxygen atoms in total. The van der Waals surface area contributed by atoms with E-state index in [0.29, 0.717) is 0 Å². The number of thiophene rings is 1. The molecule has 2 rings (SSSR count). The number of hydrogen-bond donors (Lipinski definition) is 1. The van der Waals surface area contributed by atoms with Crippen LogP contribution in [0.25, 0.3) is 0 Å². The zero-order valence-electron chi connectivity index (χ0n) is 9.74. The predicted molar refractivity (Wildman–Crippen MR) is 62.2 cm³/mol. The molecule has 0 spiro atoms. The van der Waals surface area contributed by atoms with Gasteiger partial charge in [0.15, 0.2) is 14.9 Å². The second-order valence-corrected chi connectivity index (χ2v) is 7.31. The zero-order valence-corrected chi connectivity index (χ0v) is 11.4. The van der Waals surface area contributed by atoms with Gasteiger partial charge in [0.05, 0.1) is 6.61 Å². The van der Waals surface area contributed by atoms with Crippen molar-refractivity contribution in [2.75, 3.05) is 12.9 Å². The lowest BCUT2D eigenvalue weighted by atomic mass is 10.2. The van der Waals surface area contributed by atoms with Crippen LogP contribution >= 0.6 is 11.3 Å². The zero-order chi connectivity index (χ0) is 13.7. The van der Waals surface area contributed by atoms with E-state index in [2.05, 4.69) is 0 Å². The number of sulfone groups is 1. The van der Waals surface area contributed by atoms with Gasteiger partial charge in [0.2, 0.25) is 0 Å². The van der Waals surface area contributed by atoms with Crippen molar-refractivity contribution in [3.05, 3.63) is 11.1 Å². The van der Waals surface area contributed by atoms with Gasteiger partial charge in [-0.05, 0) is 6.92 Å². The van der Waals surface area contributed by atoms with Gasteiger partial charge in [-0.1, -0.05) is 11.3 Å². The van der Waals surface area contributed by atoms with Crippen molar-refractivity contribution in [2.45, 2.75) is 29.6 Å². The largest absolute Gasteiger partial charge is 0.484 e. The van der Waals surface area contributed by atoms with Gasteiger partial charge >= 0.3 is 0 Å². The van der Waals surface area contributed by atoms with E-state index in [9.17, 15) is 22.3 Å². The fraction of sp³-hybridized carbons (Fsp3) is 0.600. The second kappa shape index (κ2) is 4.14. The number of alkyl halides is 2. The Balaban J connectivity index is 2.65. The van der Waals surface area contributed by atoms with Gasteiger partial charge in [-0.2, -0.15) is 0 Å². The Morgan fingerprint density at radius 3 is 2.67 bits per heavy atom. The summed E-state index contributed by atoms with van der Waals surface area (Å²) in [6.07, 6.45) is -1.84. The van der Waals surface area contributed by atoms with Crippen molar-refractivity contribution in [3.8, 4) is 5.06 Å². The van der Waals surface area contributed by atoms with Gasteiger partial charge in [0.1, 0.15) is 10.3 Å². The predicted octanol–water partition coefficient (Wildman–Crippen LogP) is 1.78. The van der Waals surface area contributed by atoms with Crippen LogP contribution in [-0.4, -0.2) is 32.3 Å². The van der Waals surface area contributed by atoms with Crippen LogP contribution in [0.15, 0.2) is 4.21 Å². The summed E-state index contributed by atoms with van der Waals surface area (Å²) in [4.78, 5) is 0. The molecule has 1 aromatic heterocycles. The van der Waals surface area contributed by atoms with Crippen LogP contribution < -0.4 is 4.74 Å². The van der Waals surface area contributed by atoms with Gasteiger partial charge in [-0.3, -0.25) is 0 Å². The summed E-state index contributed by atoms with van der Waals surface area (Å²) in [5, 5.41) is 9.73. The second-order valence-electron chi connectivity index (χ2n) is 4.11. The number of aliphatic hydroxyl groups excluding tert-OH is 1. The van der Waals surface area contributed by atoms with E-state index >= 15 is 0 Å². The highest BCUT2D eigenvalue weighted by atomic mass is 32.2. The number of aliphatic hydroxyl groups is 1. The Morgan fingerprint density at radius 1 is 1.56 bits per heavy atom. The lowest BCUT2D eigenvalue weighted by molar-refractivity contribution is -0.0976. The molecular weight excluding hydrogens is 286 g/mol. The summed E-state index contributed by atoms with van der Waals surface area (Å²) in [5.41, 5.74) is -0.0873. The average Bonchev–Trinajstić information content (AvgIpc) is 2.65. The summed E-state index contributed by atoms with van der Waals surface area (Å²) >= 11 is 0.794. The summed E-state index contributed by atoms with van der Waals surface area (Å²) in [6, 6.07) is 0. The van der Waals surface area contributed by atoms with E-state index in [1.165, 1.54) is 0 Å². The molecule has 1 heterocycles. The van der Waals surface area contributed by atoms with Crippen molar-refractivity contribution in [1.82, 2.24) is 0 Å². The molecule has 0 radical (unpaired) electrons. The first-order chi connectivity index (χ1) is 8.18. The van der Waals surface area contributed by atoms with Crippen molar-refractivity contribution in [2.24, 2.45) is 0 Å². The van der Waals surface area contributed by atoms with E-state index in [1.807, 2.05) is 0 Å². The van der Waals surface area contributed by atoms with Crippen molar-refractivity contribution >= 4 is 21.2 Å². The fourth-order valence-corrected chi connectivity index (χ4v) is 4.41. The molecule has 0 saturated carbocycles. The lowest BCUT2D eigenvalue weighted by Crippen LogP contribution is -2.22. The van der Waals surface area contributed by atoms with Crippen LogP contribution in [-0.2, 0) is 16.3 Å². The topological polar surface area (TPSA) is 63.6 Å². The minimum Gasteiger partial charge on any atom is -0.484 e. The summed E-state index contributed by atoms with van der Waals surface area (Å²) in [5.74, 6) is -3.34. The molecule has 1 aliphatic rings. The molecule has 18 heavy (non-hydrogen) atoms. The molecule has 0 aliphatic heterocycles. The van der Waals surface area contributed by atoms with Crippen LogP contribution in [0.5, 0.6) is 5.06 Å². The van der Waals surface area contributed by atoms with Crippen molar-refractivity contribution in [3.63, 3.8) is 0 Å². The molecule has 8 heteroatoms. The first kappa shape index (κ1) is 13.7. The maximum Gasteiger partial charge on any atom is 0.281 e. The van der Waals surface area contributed by atoms with E-state index in [-0.39, 0.29) is 27.0 Å². The van der Waals surface area contributed by atoms with Crippen molar-refractivity contribution < 1.29 is 27.0 Å². The highest BCUT2D eigenvalue weighted by Gasteiger charge is 2.51. The van der Waals surface area contributed by atoms with Gasteiger partial charge in [0, 0.05) is 23.8 Å². The van der Waals surface area contributed by atoms with Gasteiger partial charge < -0.3 is 9.84 Å². The SMILES string of the molecule is CCOc1sc(S(C)(=O)=O)c2c1CC(F)(F)C2O. The number of ether oxygens (including phenoxy) is 1. The van der Waals surface area contributed by atoms with Gasteiger partial charge in [0.25, 0.3) is 5.92 Å². The first-order valence-corrected chi connectivity index (χ1v) is 7.93. The Kier molecular flexibility index (Phi) is 3.15. The normalized spacial score (nSPS) is 21.9. The highest BCUT2D eigenvalue weighted by Crippen LogP contribution is 2.53. The molecule has 1 atom stereocenters. The van der Waals surface area contributed by atoms with Crippen LogP contribution in [0, 0.1) is 0 Å². The number of halogens is 2. The van der Waals surface area contributed by atoms with E-state index in [1.54, 1.807) is 6.92 Å². The first-order valence-electron chi connectivity index (χ1n) is 5.22. The summed E-state index contributed by atoms with van der Waals surface area (Å²) in [6.45, 7) is 1.92. The van der Waals surface area contributed by atoms with E-state index < -0.39 is 28.3 Å². The smallest absolute Gasteiger partial charge is 0.281 e. The fourth-order valence-electron chi connectivity index (χ4n) is 1.94. The molecule has 0 fully saturated rings. The third-order valence-electron chi connectivity index (χ3n) is 2.67. The minimum absolute atomic E-state index is 0.111. The summed E-state index contributed by atoms with van der Waals surface area (Å²) < 4.78 is 55.0. The maximum absolute atomic E-state index is 13.5. The molecule has 1 N–H and O–H groups in total. The third-order valence-corrected chi connectivity index (χ3v) is 5.68. The Morgan fingerprint density at radius 2 is 2.17 bits per heavy atom. The van der Waals surface area contributed by atoms with Crippen LogP contribution in [0.3, 0.4) is 0 Å². The van der Waals surface area contributed by atoms with E-state index in [0.717, 1.165) is 17.6 Å². The summed E-state index contributed by atoms with van der Waals surface area (Å²) in [7, 11) is -3.66. The molecule has 1 aromatic rings. The number of rotatable bonds is 3. The number of hydrogen-bond acceptors (Lipinski definition) is 5. The molecule has 102 valence electrons. The Hall–Kier alpha value is -0.730. The van der Waals surface area contributed by atoms with Crippen LogP contribution in [0.1, 0.15) is 24.2 Å². The minimum atomic E-state index is -3.66. The van der Waals surface area contributed by atoms with Crippen LogP contribution in [0.4, 0.5) is 8.78 Å². The maximum atomic E-state index is 13.5. The Bertz CT molecular complexity index is 577. The molecule has 0 amide bonds. The third kappa shape index (κ3) is 2.02. The van der Waals surface area contributed by atoms with Gasteiger partial charge in [-0.15, -0.1) is 0 Å². The van der Waals surface area contributed by atoms with Gasteiger partial charge in [-0.25, -0.2) is 17.2 Å². The molecule has 0 aromatic carbocycles. The molecule has 1 unspecified atom stereocenters. The average molecular weight is 298 g/mol. The quantitative estimate of drug-likeness (QED) is 0.924. The van der Waals surface area contributed by atoms with E-state index in [4.69, 9.17) is 4.74 Å². The monoisotopic (exact) mass is 298 g/mol. The molecule has 0 saturated heterocycles. The highest BCUT2D eigenvalue weighted by molar-refractivity contribution is 7.92.